The molecule has 0 aliphatic rings. The Balaban J connectivity index is 2.66. The number of rotatable bonds is 4. The predicted octanol–water partition coefficient (Wildman–Crippen LogP) is 1.89. The van der Waals surface area contributed by atoms with Crippen LogP contribution < -0.4 is 4.74 Å². The second-order valence-corrected chi connectivity index (χ2v) is 4.35. The predicted molar refractivity (Wildman–Crippen MR) is 58.9 cm³/mol. The summed E-state index contributed by atoms with van der Waals surface area (Å²) in [5.74, 6) is 0.663. The van der Waals surface area contributed by atoms with Gasteiger partial charge in [-0.3, -0.25) is 0 Å². The Bertz CT molecular complexity index is 313. The molecule has 1 atom stereocenters. The van der Waals surface area contributed by atoms with Crippen LogP contribution in [0.25, 0.3) is 0 Å². The van der Waals surface area contributed by atoms with E-state index in [9.17, 15) is 10.2 Å². The third-order valence-electron chi connectivity index (χ3n) is 1.93. The van der Waals surface area contributed by atoms with Crippen LogP contribution in [0.15, 0.2) is 24.3 Å². The van der Waals surface area contributed by atoms with Crippen molar-refractivity contribution in [2.24, 2.45) is 0 Å². The van der Waals surface area contributed by atoms with Crippen molar-refractivity contribution < 1.29 is 14.9 Å². The van der Waals surface area contributed by atoms with Gasteiger partial charge in [-0.2, -0.15) is 0 Å². The molecular formula is C12H18O3. The average molecular weight is 210 g/mol. The van der Waals surface area contributed by atoms with E-state index in [-0.39, 0.29) is 6.61 Å². The van der Waals surface area contributed by atoms with Crippen LogP contribution in [0.2, 0.25) is 0 Å². The molecule has 0 heterocycles. The minimum atomic E-state index is -0.846. The quantitative estimate of drug-likeness (QED) is 0.797. The van der Waals surface area contributed by atoms with E-state index < -0.39 is 11.7 Å². The van der Waals surface area contributed by atoms with Crippen molar-refractivity contribution in [1.82, 2.24) is 0 Å². The summed E-state index contributed by atoms with van der Waals surface area (Å²) in [4.78, 5) is 0. The molecule has 15 heavy (non-hydrogen) atoms. The minimum Gasteiger partial charge on any atom is -0.491 e. The molecule has 3 heteroatoms. The zero-order valence-electron chi connectivity index (χ0n) is 9.40. The molecule has 0 aromatic heterocycles. The van der Waals surface area contributed by atoms with E-state index in [1.807, 2.05) is 12.1 Å². The fourth-order valence-electron chi connectivity index (χ4n) is 1.12. The van der Waals surface area contributed by atoms with E-state index >= 15 is 0 Å². The second kappa shape index (κ2) is 4.64. The summed E-state index contributed by atoms with van der Waals surface area (Å²) in [7, 11) is 0. The summed E-state index contributed by atoms with van der Waals surface area (Å²) in [5, 5.41) is 18.9. The highest BCUT2D eigenvalue weighted by atomic mass is 16.5. The first kappa shape index (κ1) is 12.0. The maximum absolute atomic E-state index is 9.48. The summed E-state index contributed by atoms with van der Waals surface area (Å²) < 4.78 is 5.40. The fourth-order valence-corrected chi connectivity index (χ4v) is 1.12. The summed E-state index contributed by atoms with van der Waals surface area (Å²) in [6, 6.07) is 7.23. The molecule has 0 spiro atoms. The molecule has 0 saturated carbocycles. The zero-order valence-corrected chi connectivity index (χ0v) is 9.40. The molecular weight excluding hydrogens is 192 g/mol. The number of ether oxygens (including phenoxy) is 1. The third-order valence-corrected chi connectivity index (χ3v) is 1.93. The van der Waals surface area contributed by atoms with Crippen LogP contribution in [0.5, 0.6) is 5.75 Å². The summed E-state index contributed by atoms with van der Waals surface area (Å²) >= 11 is 0. The molecule has 0 amide bonds. The average Bonchev–Trinajstić information content (AvgIpc) is 2.14. The second-order valence-electron chi connectivity index (χ2n) is 4.35. The molecule has 0 fully saturated rings. The van der Waals surface area contributed by atoms with E-state index in [0.29, 0.717) is 5.75 Å². The van der Waals surface area contributed by atoms with Crippen molar-refractivity contribution in [3.8, 4) is 5.75 Å². The third kappa shape index (κ3) is 4.32. The SMILES string of the molecule is C[C@@H](O)c1cccc(OCC(C)(C)O)c1. The smallest absolute Gasteiger partial charge is 0.119 e. The van der Waals surface area contributed by atoms with Crippen LogP contribution >= 0.6 is 0 Å². The van der Waals surface area contributed by atoms with Crippen molar-refractivity contribution in [3.63, 3.8) is 0 Å². The van der Waals surface area contributed by atoms with Crippen molar-refractivity contribution in [2.45, 2.75) is 32.5 Å². The van der Waals surface area contributed by atoms with Crippen LogP contribution in [0.1, 0.15) is 32.4 Å². The molecule has 0 aliphatic heterocycles. The summed E-state index contributed by atoms with van der Waals surface area (Å²) in [5.41, 5.74) is -0.0378. The molecule has 0 unspecified atom stereocenters. The summed E-state index contributed by atoms with van der Waals surface area (Å²) in [6.07, 6.45) is -0.504. The molecule has 84 valence electrons. The van der Waals surface area contributed by atoms with E-state index in [2.05, 4.69) is 0 Å². The van der Waals surface area contributed by atoms with Gasteiger partial charge in [0, 0.05) is 0 Å². The lowest BCUT2D eigenvalue weighted by Gasteiger charge is -2.18. The minimum absolute atomic E-state index is 0.232. The van der Waals surface area contributed by atoms with Crippen molar-refractivity contribution in [1.29, 1.82) is 0 Å². The van der Waals surface area contributed by atoms with Crippen molar-refractivity contribution in [2.75, 3.05) is 6.61 Å². The Hall–Kier alpha value is -1.06. The fraction of sp³-hybridized carbons (Fsp3) is 0.500. The lowest BCUT2D eigenvalue weighted by molar-refractivity contribution is 0.0284. The standard InChI is InChI=1S/C12H18O3/c1-9(13)10-5-4-6-11(7-10)15-8-12(2,3)14/h4-7,9,13-14H,8H2,1-3H3/t9-/m1/s1. The lowest BCUT2D eigenvalue weighted by Crippen LogP contribution is -2.27. The van der Waals surface area contributed by atoms with Crippen LogP contribution in [0.3, 0.4) is 0 Å². The van der Waals surface area contributed by atoms with Crippen LogP contribution in [0.4, 0.5) is 0 Å². The maximum Gasteiger partial charge on any atom is 0.119 e. The largest absolute Gasteiger partial charge is 0.491 e. The molecule has 0 radical (unpaired) electrons. The molecule has 1 aromatic rings. The lowest BCUT2D eigenvalue weighted by atomic mass is 10.1. The highest BCUT2D eigenvalue weighted by molar-refractivity contribution is 5.29. The van der Waals surface area contributed by atoms with Gasteiger partial charge in [-0.1, -0.05) is 12.1 Å². The molecule has 2 N–H and O–H groups in total. The van der Waals surface area contributed by atoms with E-state index in [1.165, 1.54) is 0 Å². The molecule has 0 saturated heterocycles. The van der Waals surface area contributed by atoms with E-state index in [0.717, 1.165) is 5.56 Å². The van der Waals surface area contributed by atoms with Gasteiger partial charge in [-0.15, -0.1) is 0 Å². The zero-order chi connectivity index (χ0) is 11.5. The molecule has 3 nitrogen and oxygen atoms in total. The Morgan fingerprint density at radius 3 is 2.60 bits per heavy atom. The molecule has 0 aliphatic carbocycles. The van der Waals surface area contributed by atoms with Gasteiger partial charge >= 0.3 is 0 Å². The van der Waals surface area contributed by atoms with Crippen molar-refractivity contribution in [3.05, 3.63) is 29.8 Å². The number of hydrogen-bond donors (Lipinski definition) is 2. The number of aliphatic hydroxyl groups excluding tert-OH is 1. The van der Waals surface area contributed by atoms with Crippen LogP contribution in [-0.4, -0.2) is 22.4 Å². The normalized spacial score (nSPS) is 13.7. The first-order chi connectivity index (χ1) is 6.88. The van der Waals surface area contributed by atoms with Gasteiger partial charge in [-0.05, 0) is 38.5 Å². The first-order valence-electron chi connectivity index (χ1n) is 5.02. The Kier molecular flexibility index (Phi) is 3.72. The van der Waals surface area contributed by atoms with Gasteiger partial charge in [0.2, 0.25) is 0 Å². The Labute approximate surface area is 90.3 Å². The van der Waals surface area contributed by atoms with Gasteiger partial charge in [0.05, 0.1) is 11.7 Å². The highest BCUT2D eigenvalue weighted by Crippen LogP contribution is 2.19. The molecule has 0 bridgehead atoms. The van der Waals surface area contributed by atoms with Gasteiger partial charge in [0.15, 0.2) is 0 Å². The van der Waals surface area contributed by atoms with Gasteiger partial charge in [0.25, 0.3) is 0 Å². The first-order valence-corrected chi connectivity index (χ1v) is 5.02. The summed E-state index contributed by atoms with van der Waals surface area (Å²) in [6.45, 7) is 5.31. The highest BCUT2D eigenvalue weighted by Gasteiger charge is 2.13. The van der Waals surface area contributed by atoms with E-state index in [1.54, 1.807) is 32.9 Å². The van der Waals surface area contributed by atoms with Gasteiger partial charge in [-0.25, -0.2) is 0 Å². The van der Waals surface area contributed by atoms with Gasteiger partial charge < -0.3 is 14.9 Å². The molecule has 1 aromatic carbocycles. The monoisotopic (exact) mass is 210 g/mol. The number of benzene rings is 1. The maximum atomic E-state index is 9.48. The van der Waals surface area contributed by atoms with E-state index in [4.69, 9.17) is 4.74 Å². The van der Waals surface area contributed by atoms with Crippen LogP contribution in [0, 0.1) is 0 Å². The number of aliphatic hydroxyl groups is 2. The van der Waals surface area contributed by atoms with Crippen LogP contribution in [-0.2, 0) is 0 Å². The van der Waals surface area contributed by atoms with Gasteiger partial charge in [0.1, 0.15) is 12.4 Å². The topological polar surface area (TPSA) is 49.7 Å². The molecule has 1 rings (SSSR count). The Morgan fingerprint density at radius 2 is 2.07 bits per heavy atom. The Morgan fingerprint density at radius 1 is 1.40 bits per heavy atom. The number of hydrogen-bond acceptors (Lipinski definition) is 3. The van der Waals surface area contributed by atoms with Crippen molar-refractivity contribution >= 4 is 0 Å².